The standard InChI is InChI=1S/C13H12BrClN4O/c1-7-2-3-9(6-10(7)14)17-13(20)8-4-11(15)18-12(5-8)19-16/h2-6H,16H2,1H3,(H,17,20)(H,18,19). The summed E-state index contributed by atoms with van der Waals surface area (Å²) in [6, 6.07) is 8.55. The molecule has 104 valence electrons. The Morgan fingerprint density at radius 2 is 2.10 bits per heavy atom. The number of nitrogens with two attached hydrogens (primary N) is 1. The zero-order chi connectivity index (χ0) is 14.7. The average Bonchev–Trinajstić information content (AvgIpc) is 2.42. The van der Waals surface area contributed by atoms with Gasteiger partial charge in [-0.05, 0) is 36.8 Å². The van der Waals surface area contributed by atoms with Gasteiger partial charge in [-0.15, -0.1) is 0 Å². The summed E-state index contributed by atoms with van der Waals surface area (Å²) in [6.07, 6.45) is 0. The Morgan fingerprint density at radius 1 is 1.35 bits per heavy atom. The Bertz CT molecular complexity index is 663. The lowest BCUT2D eigenvalue weighted by molar-refractivity contribution is 0.102. The third-order valence-electron chi connectivity index (χ3n) is 2.63. The molecule has 0 spiro atoms. The monoisotopic (exact) mass is 354 g/mol. The van der Waals surface area contributed by atoms with Gasteiger partial charge < -0.3 is 10.7 Å². The maximum Gasteiger partial charge on any atom is 0.255 e. The number of aryl methyl sites for hydroxylation is 1. The minimum Gasteiger partial charge on any atom is -0.322 e. The van der Waals surface area contributed by atoms with Crippen LogP contribution in [0, 0.1) is 6.92 Å². The minimum atomic E-state index is -0.290. The van der Waals surface area contributed by atoms with Crippen LogP contribution >= 0.6 is 27.5 Å². The fourth-order valence-corrected chi connectivity index (χ4v) is 2.16. The molecule has 1 amide bonds. The largest absolute Gasteiger partial charge is 0.322 e. The summed E-state index contributed by atoms with van der Waals surface area (Å²) in [5.74, 6) is 5.30. The number of aromatic nitrogens is 1. The normalized spacial score (nSPS) is 10.2. The number of amides is 1. The molecule has 20 heavy (non-hydrogen) atoms. The number of nitrogens with zero attached hydrogens (tertiary/aromatic N) is 1. The quantitative estimate of drug-likeness (QED) is 0.448. The first-order valence-corrected chi connectivity index (χ1v) is 6.88. The van der Waals surface area contributed by atoms with Gasteiger partial charge in [0.2, 0.25) is 0 Å². The highest BCUT2D eigenvalue weighted by atomic mass is 79.9. The second-order valence-electron chi connectivity index (χ2n) is 4.13. The zero-order valence-electron chi connectivity index (χ0n) is 10.6. The summed E-state index contributed by atoms with van der Waals surface area (Å²) in [5, 5.41) is 2.97. The molecule has 7 heteroatoms. The lowest BCUT2D eigenvalue weighted by Gasteiger charge is -2.08. The molecule has 0 aliphatic rings. The summed E-state index contributed by atoms with van der Waals surface area (Å²) >= 11 is 9.25. The number of hydrogen-bond acceptors (Lipinski definition) is 4. The van der Waals surface area contributed by atoms with Crippen molar-refractivity contribution in [2.75, 3.05) is 10.7 Å². The molecule has 0 radical (unpaired) electrons. The molecular weight excluding hydrogens is 344 g/mol. The summed E-state index contributed by atoms with van der Waals surface area (Å²) in [6.45, 7) is 1.97. The van der Waals surface area contributed by atoms with E-state index < -0.39 is 0 Å². The Morgan fingerprint density at radius 3 is 2.75 bits per heavy atom. The van der Waals surface area contributed by atoms with Crippen LogP contribution in [-0.4, -0.2) is 10.9 Å². The van der Waals surface area contributed by atoms with Gasteiger partial charge in [0.15, 0.2) is 0 Å². The molecule has 0 bridgehead atoms. The molecule has 0 unspecified atom stereocenters. The number of benzene rings is 1. The van der Waals surface area contributed by atoms with Crippen molar-refractivity contribution in [2.45, 2.75) is 6.92 Å². The van der Waals surface area contributed by atoms with Gasteiger partial charge in [0, 0.05) is 15.7 Å². The number of pyridine rings is 1. The predicted octanol–water partition coefficient (Wildman–Crippen LogP) is 3.34. The number of carbonyl (C=O) groups is 1. The maximum atomic E-state index is 12.1. The van der Waals surface area contributed by atoms with Crippen molar-refractivity contribution in [3.63, 3.8) is 0 Å². The number of rotatable bonds is 3. The maximum absolute atomic E-state index is 12.1. The zero-order valence-corrected chi connectivity index (χ0v) is 12.9. The number of anilines is 2. The van der Waals surface area contributed by atoms with E-state index in [9.17, 15) is 4.79 Å². The fraction of sp³-hybridized carbons (Fsp3) is 0.0769. The smallest absolute Gasteiger partial charge is 0.255 e. The van der Waals surface area contributed by atoms with Crippen LogP contribution in [-0.2, 0) is 0 Å². The summed E-state index contributed by atoms with van der Waals surface area (Å²) in [7, 11) is 0. The highest BCUT2D eigenvalue weighted by Crippen LogP contribution is 2.21. The summed E-state index contributed by atoms with van der Waals surface area (Å²) < 4.78 is 0.923. The fourth-order valence-electron chi connectivity index (χ4n) is 1.58. The van der Waals surface area contributed by atoms with Crippen molar-refractivity contribution < 1.29 is 4.79 Å². The minimum absolute atomic E-state index is 0.190. The Labute approximate surface area is 129 Å². The van der Waals surface area contributed by atoms with Crippen LogP contribution in [0.25, 0.3) is 0 Å². The van der Waals surface area contributed by atoms with Gasteiger partial charge in [-0.3, -0.25) is 4.79 Å². The van der Waals surface area contributed by atoms with E-state index in [-0.39, 0.29) is 11.1 Å². The number of hydrazine groups is 1. The van der Waals surface area contributed by atoms with Gasteiger partial charge in [0.05, 0.1) is 0 Å². The van der Waals surface area contributed by atoms with E-state index in [0.29, 0.717) is 17.1 Å². The van der Waals surface area contributed by atoms with E-state index in [4.69, 9.17) is 17.4 Å². The van der Waals surface area contributed by atoms with Crippen molar-refractivity contribution in [1.82, 2.24) is 4.98 Å². The first-order valence-electron chi connectivity index (χ1n) is 5.71. The molecule has 2 aromatic rings. The van der Waals surface area contributed by atoms with Crippen LogP contribution < -0.4 is 16.6 Å². The Kier molecular flexibility index (Phi) is 4.59. The molecule has 0 aliphatic carbocycles. The lowest BCUT2D eigenvalue weighted by atomic mass is 10.2. The van der Waals surface area contributed by atoms with E-state index >= 15 is 0 Å². The molecule has 4 N–H and O–H groups in total. The van der Waals surface area contributed by atoms with Gasteiger partial charge in [-0.2, -0.15) is 0 Å². The van der Waals surface area contributed by atoms with Crippen LogP contribution in [0.2, 0.25) is 5.15 Å². The number of nitrogens with one attached hydrogen (secondary N) is 2. The third kappa shape index (κ3) is 3.47. The lowest BCUT2D eigenvalue weighted by Crippen LogP contribution is -2.14. The first kappa shape index (κ1) is 14.8. The van der Waals surface area contributed by atoms with Crippen LogP contribution in [0.4, 0.5) is 11.5 Å². The second-order valence-corrected chi connectivity index (χ2v) is 5.37. The van der Waals surface area contributed by atoms with Crippen LogP contribution in [0.5, 0.6) is 0 Å². The number of nitrogen functional groups attached to an aromatic ring is 1. The molecule has 2 rings (SSSR count). The highest BCUT2D eigenvalue weighted by Gasteiger charge is 2.10. The molecule has 0 atom stereocenters. The SMILES string of the molecule is Cc1ccc(NC(=O)c2cc(Cl)nc(NN)c2)cc1Br. The number of carbonyl (C=O) groups excluding carboxylic acids is 1. The topological polar surface area (TPSA) is 80.0 Å². The van der Waals surface area contributed by atoms with Gasteiger partial charge in [-0.1, -0.05) is 33.6 Å². The molecule has 0 aliphatic heterocycles. The van der Waals surface area contributed by atoms with Crippen molar-refractivity contribution in [2.24, 2.45) is 5.84 Å². The van der Waals surface area contributed by atoms with Crippen LogP contribution in [0.3, 0.4) is 0 Å². The van der Waals surface area contributed by atoms with Crippen LogP contribution in [0.15, 0.2) is 34.8 Å². The summed E-state index contributed by atoms with van der Waals surface area (Å²) in [4.78, 5) is 16.1. The van der Waals surface area contributed by atoms with Crippen LogP contribution in [0.1, 0.15) is 15.9 Å². The van der Waals surface area contributed by atoms with Crippen molar-refractivity contribution in [3.05, 3.63) is 51.1 Å². The van der Waals surface area contributed by atoms with Crippen molar-refractivity contribution in [1.29, 1.82) is 0 Å². The van der Waals surface area contributed by atoms with E-state index in [1.807, 2.05) is 25.1 Å². The first-order chi connectivity index (χ1) is 9.49. The highest BCUT2D eigenvalue weighted by molar-refractivity contribution is 9.10. The van der Waals surface area contributed by atoms with Gasteiger partial charge >= 0.3 is 0 Å². The van der Waals surface area contributed by atoms with Gasteiger partial charge in [0.25, 0.3) is 5.91 Å². The molecule has 1 aromatic heterocycles. The third-order valence-corrected chi connectivity index (χ3v) is 3.68. The van der Waals surface area contributed by atoms with E-state index in [0.717, 1.165) is 10.0 Å². The Hall–Kier alpha value is -1.63. The predicted molar refractivity (Wildman–Crippen MR) is 83.9 cm³/mol. The molecule has 0 saturated carbocycles. The molecule has 5 nitrogen and oxygen atoms in total. The van der Waals surface area contributed by atoms with E-state index in [1.165, 1.54) is 12.1 Å². The average molecular weight is 356 g/mol. The number of halogens is 2. The Balaban J connectivity index is 2.23. The van der Waals surface area contributed by atoms with Gasteiger partial charge in [0.1, 0.15) is 11.0 Å². The second kappa shape index (κ2) is 6.21. The number of hydrogen-bond donors (Lipinski definition) is 3. The molecule has 0 saturated heterocycles. The molecular formula is C13H12BrClN4O. The van der Waals surface area contributed by atoms with E-state index in [2.05, 4.69) is 31.7 Å². The van der Waals surface area contributed by atoms with Crippen molar-refractivity contribution in [3.8, 4) is 0 Å². The van der Waals surface area contributed by atoms with E-state index in [1.54, 1.807) is 0 Å². The molecule has 0 fully saturated rings. The van der Waals surface area contributed by atoms with Crippen molar-refractivity contribution >= 4 is 44.9 Å². The molecule has 1 aromatic carbocycles. The summed E-state index contributed by atoms with van der Waals surface area (Å²) in [5.41, 5.74) is 4.50. The van der Waals surface area contributed by atoms with Gasteiger partial charge in [-0.25, -0.2) is 10.8 Å². The molecule has 1 heterocycles.